The minimum Gasteiger partial charge on any atom is -0.385 e. The van der Waals surface area contributed by atoms with Gasteiger partial charge in [-0.1, -0.05) is 13.8 Å². The molecule has 0 aromatic carbocycles. The van der Waals surface area contributed by atoms with E-state index in [0.717, 1.165) is 12.8 Å². The van der Waals surface area contributed by atoms with Crippen LogP contribution in [0, 0.1) is 5.41 Å². The molecule has 1 aliphatic carbocycles. The Balaban J connectivity index is 1.83. The summed E-state index contributed by atoms with van der Waals surface area (Å²) >= 11 is 0. The third kappa shape index (κ3) is 2.01. The Hall–Kier alpha value is -1.96. The van der Waals surface area contributed by atoms with Crippen LogP contribution in [0.4, 0.5) is 4.79 Å². The van der Waals surface area contributed by atoms with Crippen LogP contribution >= 0.6 is 0 Å². The topological polar surface area (TPSA) is 111 Å². The number of aliphatic hydroxyl groups excluding tert-OH is 1. The molecular weight excluding hydrogens is 286 g/mol. The van der Waals surface area contributed by atoms with Crippen LogP contribution in [0.3, 0.4) is 0 Å². The summed E-state index contributed by atoms with van der Waals surface area (Å²) in [6.07, 6.45) is 1.69. The average molecular weight is 307 g/mol. The second-order valence-corrected chi connectivity index (χ2v) is 6.78. The van der Waals surface area contributed by atoms with E-state index in [4.69, 9.17) is 0 Å². The highest BCUT2D eigenvalue weighted by Crippen LogP contribution is 2.49. The number of nitrogens with zero attached hydrogens (tertiary/aromatic N) is 3. The molecule has 1 aromatic rings. The molecule has 22 heavy (non-hydrogen) atoms. The zero-order chi connectivity index (χ0) is 16.1. The zero-order valence-electron chi connectivity index (χ0n) is 13.0. The van der Waals surface area contributed by atoms with E-state index in [0.29, 0.717) is 12.2 Å². The van der Waals surface area contributed by atoms with Crippen LogP contribution in [0.15, 0.2) is 0 Å². The number of aromatic amines is 1. The van der Waals surface area contributed by atoms with Crippen LogP contribution < -0.4 is 5.32 Å². The van der Waals surface area contributed by atoms with Gasteiger partial charge in [0.05, 0.1) is 6.54 Å². The van der Waals surface area contributed by atoms with Gasteiger partial charge in [0.15, 0.2) is 5.82 Å². The van der Waals surface area contributed by atoms with E-state index in [1.807, 2.05) is 13.8 Å². The molecule has 2 aliphatic rings. The highest BCUT2D eigenvalue weighted by Gasteiger charge is 2.61. The number of urea groups is 1. The number of hydrogen-bond donors (Lipinski definition) is 3. The van der Waals surface area contributed by atoms with Crippen molar-refractivity contribution >= 4 is 11.9 Å². The summed E-state index contributed by atoms with van der Waals surface area (Å²) < 4.78 is 0. The fourth-order valence-electron chi connectivity index (χ4n) is 3.46. The zero-order valence-corrected chi connectivity index (χ0v) is 13.0. The summed E-state index contributed by atoms with van der Waals surface area (Å²) in [4.78, 5) is 30.4. The smallest absolute Gasteiger partial charge is 0.325 e. The molecule has 1 unspecified atom stereocenters. The Labute approximate surface area is 128 Å². The van der Waals surface area contributed by atoms with Crippen molar-refractivity contribution in [2.75, 3.05) is 0 Å². The maximum atomic E-state index is 12.8. The lowest BCUT2D eigenvalue weighted by atomic mass is 9.75. The third-order valence-electron chi connectivity index (χ3n) is 4.92. The molecule has 1 spiro atoms. The predicted octanol–water partition coefficient (Wildman–Crippen LogP) is 0.859. The standard InChI is InChI=1S/C14H21N5O3/c1-8(20)10-15-9(17-18-10)7-19-11(21)14(16-12(19)22)6-4-5-13(14,2)3/h8,20H,4-7H2,1-3H3,(H,16,22)(H,15,17,18)/t8-,14?/m1/s1. The van der Waals surface area contributed by atoms with Gasteiger partial charge < -0.3 is 10.4 Å². The molecular formula is C14H21N5O3. The molecule has 1 aliphatic heterocycles. The summed E-state index contributed by atoms with van der Waals surface area (Å²) in [6.45, 7) is 5.61. The lowest BCUT2D eigenvalue weighted by molar-refractivity contribution is -0.134. The highest BCUT2D eigenvalue weighted by molar-refractivity contribution is 6.07. The van der Waals surface area contributed by atoms with E-state index in [-0.39, 0.29) is 23.7 Å². The summed E-state index contributed by atoms with van der Waals surface area (Å²) in [5.41, 5.74) is -1.07. The van der Waals surface area contributed by atoms with Crippen LogP contribution in [-0.4, -0.2) is 42.7 Å². The number of hydrogen-bond acceptors (Lipinski definition) is 5. The minimum absolute atomic E-state index is 0.0300. The molecule has 1 aromatic heterocycles. The van der Waals surface area contributed by atoms with Crippen molar-refractivity contribution in [1.29, 1.82) is 0 Å². The molecule has 8 heteroatoms. The molecule has 0 radical (unpaired) electrons. The van der Waals surface area contributed by atoms with Crippen LogP contribution in [0.5, 0.6) is 0 Å². The number of H-pyrrole nitrogens is 1. The van der Waals surface area contributed by atoms with Crippen molar-refractivity contribution in [2.45, 2.75) is 58.2 Å². The van der Waals surface area contributed by atoms with E-state index < -0.39 is 17.7 Å². The molecule has 2 heterocycles. The molecule has 8 nitrogen and oxygen atoms in total. The van der Waals surface area contributed by atoms with Gasteiger partial charge in [-0.15, -0.1) is 0 Å². The van der Waals surface area contributed by atoms with Crippen LogP contribution in [0.25, 0.3) is 0 Å². The third-order valence-corrected chi connectivity index (χ3v) is 4.92. The van der Waals surface area contributed by atoms with Gasteiger partial charge in [-0.2, -0.15) is 5.10 Å². The fourth-order valence-corrected chi connectivity index (χ4v) is 3.46. The Bertz CT molecular complexity index is 624. The number of aromatic nitrogens is 3. The van der Waals surface area contributed by atoms with Crippen LogP contribution in [-0.2, 0) is 11.3 Å². The van der Waals surface area contributed by atoms with Gasteiger partial charge in [-0.25, -0.2) is 9.78 Å². The fraction of sp³-hybridized carbons (Fsp3) is 0.714. The molecule has 3 N–H and O–H groups in total. The number of nitrogens with one attached hydrogen (secondary N) is 2. The Morgan fingerprint density at radius 2 is 2.09 bits per heavy atom. The molecule has 2 fully saturated rings. The van der Waals surface area contributed by atoms with Crippen LogP contribution in [0.2, 0.25) is 0 Å². The first-order valence-electron chi connectivity index (χ1n) is 7.50. The van der Waals surface area contributed by atoms with Gasteiger partial charge in [0.2, 0.25) is 0 Å². The molecule has 120 valence electrons. The van der Waals surface area contributed by atoms with E-state index in [2.05, 4.69) is 20.5 Å². The second kappa shape index (κ2) is 4.77. The number of rotatable bonds is 3. The Morgan fingerprint density at radius 1 is 1.36 bits per heavy atom. The molecule has 3 amide bonds. The SMILES string of the molecule is C[C@@H](O)c1n[nH]c(CN2C(=O)NC3(CCCC3(C)C)C2=O)n1. The number of carbonyl (C=O) groups excluding carboxylic acids is 2. The van der Waals surface area contributed by atoms with E-state index in [9.17, 15) is 14.7 Å². The van der Waals surface area contributed by atoms with Crippen molar-refractivity contribution in [3.8, 4) is 0 Å². The number of carbonyl (C=O) groups is 2. The molecule has 1 saturated carbocycles. The summed E-state index contributed by atoms with van der Waals surface area (Å²) in [6, 6.07) is -0.394. The Kier molecular flexibility index (Phi) is 3.24. The maximum Gasteiger partial charge on any atom is 0.325 e. The first-order valence-corrected chi connectivity index (χ1v) is 7.50. The van der Waals surface area contributed by atoms with Crippen molar-refractivity contribution in [3.63, 3.8) is 0 Å². The van der Waals surface area contributed by atoms with Crippen molar-refractivity contribution in [2.24, 2.45) is 5.41 Å². The molecule has 3 rings (SSSR count). The summed E-state index contributed by atoms with van der Waals surface area (Å²) in [5, 5.41) is 18.9. The van der Waals surface area contributed by atoms with Gasteiger partial charge in [0, 0.05) is 0 Å². The molecule has 0 bridgehead atoms. The predicted molar refractivity (Wildman–Crippen MR) is 76.5 cm³/mol. The number of imide groups is 1. The second-order valence-electron chi connectivity index (χ2n) is 6.78. The lowest BCUT2D eigenvalue weighted by Gasteiger charge is -2.35. The largest absolute Gasteiger partial charge is 0.385 e. The molecule has 1 saturated heterocycles. The first kappa shape index (κ1) is 15.0. The van der Waals surface area contributed by atoms with Crippen molar-refractivity contribution in [1.82, 2.24) is 25.4 Å². The highest BCUT2D eigenvalue weighted by atomic mass is 16.3. The van der Waals surface area contributed by atoms with E-state index in [1.165, 1.54) is 4.90 Å². The quantitative estimate of drug-likeness (QED) is 0.717. The van der Waals surface area contributed by atoms with E-state index in [1.54, 1.807) is 6.92 Å². The van der Waals surface area contributed by atoms with Crippen molar-refractivity contribution in [3.05, 3.63) is 11.6 Å². The van der Waals surface area contributed by atoms with Crippen molar-refractivity contribution < 1.29 is 14.7 Å². The van der Waals surface area contributed by atoms with Crippen LogP contribution in [0.1, 0.15) is 57.8 Å². The minimum atomic E-state index is -0.808. The lowest BCUT2D eigenvalue weighted by Crippen LogP contribution is -2.54. The average Bonchev–Trinajstić information content (AvgIpc) is 3.06. The summed E-state index contributed by atoms with van der Waals surface area (Å²) in [5.74, 6) is 0.431. The summed E-state index contributed by atoms with van der Waals surface area (Å²) in [7, 11) is 0. The molecule has 2 atom stereocenters. The van der Waals surface area contributed by atoms with Gasteiger partial charge in [-0.3, -0.25) is 14.8 Å². The number of amides is 3. The van der Waals surface area contributed by atoms with Gasteiger partial charge in [0.25, 0.3) is 5.91 Å². The first-order chi connectivity index (χ1) is 10.3. The monoisotopic (exact) mass is 307 g/mol. The normalized spacial score (nSPS) is 28.5. The van der Waals surface area contributed by atoms with Gasteiger partial charge in [-0.05, 0) is 31.6 Å². The maximum absolute atomic E-state index is 12.8. The van der Waals surface area contributed by atoms with E-state index >= 15 is 0 Å². The van der Waals surface area contributed by atoms with Gasteiger partial charge >= 0.3 is 6.03 Å². The number of aliphatic hydroxyl groups is 1. The Morgan fingerprint density at radius 3 is 2.64 bits per heavy atom. The van der Waals surface area contributed by atoms with Gasteiger partial charge in [0.1, 0.15) is 17.5 Å².